The van der Waals surface area contributed by atoms with Crippen LogP contribution in [0.1, 0.15) is 24.0 Å². The molecule has 1 N–H and O–H groups in total. The Labute approximate surface area is 88.7 Å². The van der Waals surface area contributed by atoms with Crippen molar-refractivity contribution in [2.24, 2.45) is 0 Å². The first-order valence-corrected chi connectivity index (χ1v) is 5.13. The fourth-order valence-corrected chi connectivity index (χ4v) is 1.91. The van der Waals surface area contributed by atoms with Crippen LogP contribution in [-0.4, -0.2) is 17.2 Å². The van der Waals surface area contributed by atoms with Crippen LogP contribution in [0.3, 0.4) is 0 Å². The first kappa shape index (κ1) is 10.0. The third kappa shape index (κ3) is 2.29. The smallest absolute Gasteiger partial charge is 0.307 e. The van der Waals surface area contributed by atoms with Crippen LogP contribution in [0.4, 0.5) is 0 Å². The summed E-state index contributed by atoms with van der Waals surface area (Å²) in [5.74, 6) is 0.0497. The summed E-state index contributed by atoms with van der Waals surface area (Å²) in [4.78, 5) is 10.6. The van der Waals surface area contributed by atoms with Crippen LogP contribution in [0.15, 0.2) is 18.2 Å². The largest absolute Gasteiger partial charge is 0.490 e. The van der Waals surface area contributed by atoms with Gasteiger partial charge in [-0.25, -0.2) is 0 Å². The molecular weight excluding hydrogens is 192 g/mol. The Balaban J connectivity index is 2.13. The van der Waals surface area contributed by atoms with Crippen LogP contribution in [0.2, 0.25) is 0 Å². The predicted octanol–water partition coefficient (Wildman–Crippen LogP) is 2.16. The van der Waals surface area contributed by atoms with Crippen molar-refractivity contribution in [3.05, 3.63) is 29.3 Å². The van der Waals surface area contributed by atoms with Gasteiger partial charge in [-0.05, 0) is 31.4 Å². The lowest BCUT2D eigenvalue weighted by molar-refractivity contribution is -0.139. The predicted molar refractivity (Wildman–Crippen MR) is 56.2 cm³/mol. The van der Waals surface area contributed by atoms with Crippen molar-refractivity contribution in [2.75, 3.05) is 0 Å². The molecule has 15 heavy (non-hydrogen) atoms. The molecule has 1 aromatic carbocycles. The molecule has 1 aliphatic heterocycles. The normalized spacial score (nSPS) is 19.1. The summed E-state index contributed by atoms with van der Waals surface area (Å²) in [6.45, 7) is 2.05. The van der Waals surface area contributed by atoms with Gasteiger partial charge in [-0.2, -0.15) is 0 Å². The molecular formula is C12H14O3. The van der Waals surface area contributed by atoms with Gasteiger partial charge in [-0.1, -0.05) is 17.7 Å². The summed E-state index contributed by atoms with van der Waals surface area (Å²) in [7, 11) is 0. The number of rotatable bonds is 2. The van der Waals surface area contributed by atoms with Gasteiger partial charge in [0.05, 0.1) is 6.42 Å². The van der Waals surface area contributed by atoms with E-state index in [2.05, 4.69) is 6.07 Å². The number of benzene rings is 1. The minimum Gasteiger partial charge on any atom is -0.490 e. The van der Waals surface area contributed by atoms with E-state index in [1.54, 1.807) is 0 Å². The second-order valence-electron chi connectivity index (χ2n) is 3.99. The highest BCUT2D eigenvalue weighted by molar-refractivity contribution is 5.67. The molecule has 0 radical (unpaired) electrons. The zero-order chi connectivity index (χ0) is 10.8. The molecule has 0 unspecified atom stereocenters. The average Bonchev–Trinajstić information content (AvgIpc) is 2.17. The molecule has 0 fully saturated rings. The molecule has 1 aliphatic rings. The van der Waals surface area contributed by atoms with Gasteiger partial charge >= 0.3 is 5.97 Å². The lowest BCUT2D eigenvalue weighted by atomic mass is 9.99. The summed E-state index contributed by atoms with van der Waals surface area (Å²) >= 11 is 0. The van der Waals surface area contributed by atoms with Gasteiger partial charge in [0.2, 0.25) is 0 Å². The van der Waals surface area contributed by atoms with Gasteiger partial charge in [-0.15, -0.1) is 0 Å². The van der Waals surface area contributed by atoms with Crippen molar-refractivity contribution in [2.45, 2.75) is 32.3 Å². The number of carbonyl (C=O) groups is 1. The van der Waals surface area contributed by atoms with E-state index in [0.29, 0.717) is 0 Å². The number of aliphatic carboxylic acids is 1. The molecule has 0 spiro atoms. The van der Waals surface area contributed by atoms with E-state index in [4.69, 9.17) is 9.84 Å². The highest BCUT2D eigenvalue weighted by Crippen LogP contribution is 2.29. The van der Waals surface area contributed by atoms with Crippen LogP contribution in [-0.2, 0) is 11.2 Å². The maximum Gasteiger partial charge on any atom is 0.307 e. The molecule has 0 saturated carbocycles. The Bertz CT molecular complexity index is 384. The number of carboxylic acid groups (broad SMARTS) is 1. The Kier molecular flexibility index (Phi) is 2.62. The van der Waals surface area contributed by atoms with Crippen LogP contribution in [0.25, 0.3) is 0 Å². The van der Waals surface area contributed by atoms with Crippen molar-refractivity contribution in [3.8, 4) is 5.75 Å². The minimum absolute atomic E-state index is 0.0906. The molecule has 1 heterocycles. The Morgan fingerprint density at radius 2 is 2.40 bits per heavy atom. The van der Waals surface area contributed by atoms with E-state index in [9.17, 15) is 4.79 Å². The highest BCUT2D eigenvalue weighted by atomic mass is 16.5. The number of aryl methyl sites for hydroxylation is 2. The number of hydrogen-bond donors (Lipinski definition) is 1. The minimum atomic E-state index is -0.796. The second kappa shape index (κ2) is 3.93. The number of carboxylic acids is 1. The fraction of sp³-hybridized carbons (Fsp3) is 0.417. The van der Waals surface area contributed by atoms with Crippen LogP contribution in [0.5, 0.6) is 5.75 Å². The van der Waals surface area contributed by atoms with Gasteiger partial charge in [0, 0.05) is 0 Å². The Morgan fingerprint density at radius 3 is 3.13 bits per heavy atom. The molecule has 1 atom stereocenters. The molecule has 0 saturated heterocycles. The van der Waals surface area contributed by atoms with E-state index >= 15 is 0 Å². The standard InChI is InChI=1S/C12H14O3/c1-8-2-5-11-9(6-8)3-4-10(15-11)7-12(13)14/h2,5-6,10H,3-4,7H2,1H3,(H,13,14)/t10-/m1/s1. The van der Waals surface area contributed by atoms with Crippen molar-refractivity contribution in [1.82, 2.24) is 0 Å². The van der Waals surface area contributed by atoms with Crippen molar-refractivity contribution < 1.29 is 14.6 Å². The number of ether oxygens (including phenoxy) is 1. The van der Waals surface area contributed by atoms with Crippen molar-refractivity contribution in [3.63, 3.8) is 0 Å². The van der Waals surface area contributed by atoms with Crippen LogP contribution >= 0.6 is 0 Å². The summed E-state index contributed by atoms with van der Waals surface area (Å²) < 4.78 is 5.62. The van der Waals surface area contributed by atoms with Crippen LogP contribution in [0, 0.1) is 6.92 Å². The maximum atomic E-state index is 10.6. The lowest BCUT2D eigenvalue weighted by Crippen LogP contribution is -2.25. The van der Waals surface area contributed by atoms with E-state index in [0.717, 1.165) is 18.6 Å². The molecule has 3 heteroatoms. The number of hydrogen-bond acceptors (Lipinski definition) is 2. The van der Waals surface area contributed by atoms with Crippen molar-refractivity contribution in [1.29, 1.82) is 0 Å². The van der Waals surface area contributed by atoms with Gasteiger partial charge in [0.15, 0.2) is 0 Å². The first-order chi connectivity index (χ1) is 7.15. The van der Waals surface area contributed by atoms with Crippen molar-refractivity contribution >= 4 is 5.97 Å². The first-order valence-electron chi connectivity index (χ1n) is 5.13. The molecule has 1 aromatic rings. The quantitative estimate of drug-likeness (QED) is 0.806. The van der Waals surface area contributed by atoms with E-state index in [1.165, 1.54) is 11.1 Å². The monoisotopic (exact) mass is 206 g/mol. The van der Waals surface area contributed by atoms with Gasteiger partial charge in [0.1, 0.15) is 11.9 Å². The highest BCUT2D eigenvalue weighted by Gasteiger charge is 2.21. The molecule has 2 rings (SSSR count). The molecule has 3 nitrogen and oxygen atoms in total. The van der Waals surface area contributed by atoms with Gasteiger partial charge in [-0.3, -0.25) is 4.79 Å². The van der Waals surface area contributed by atoms with E-state index in [1.807, 2.05) is 19.1 Å². The van der Waals surface area contributed by atoms with E-state index in [-0.39, 0.29) is 12.5 Å². The zero-order valence-electron chi connectivity index (χ0n) is 8.69. The maximum absolute atomic E-state index is 10.6. The topological polar surface area (TPSA) is 46.5 Å². The molecule has 0 aliphatic carbocycles. The summed E-state index contributed by atoms with van der Waals surface area (Å²) in [5.41, 5.74) is 2.41. The Hall–Kier alpha value is -1.51. The lowest BCUT2D eigenvalue weighted by Gasteiger charge is -2.25. The van der Waals surface area contributed by atoms with Gasteiger partial charge < -0.3 is 9.84 Å². The average molecular weight is 206 g/mol. The molecule has 80 valence electrons. The SMILES string of the molecule is Cc1ccc2c(c1)CC[C@H](CC(=O)O)O2. The van der Waals surface area contributed by atoms with Gasteiger partial charge in [0.25, 0.3) is 0 Å². The third-order valence-corrected chi connectivity index (χ3v) is 2.65. The fourth-order valence-electron chi connectivity index (χ4n) is 1.91. The number of fused-ring (bicyclic) bond motifs is 1. The van der Waals surface area contributed by atoms with Crippen LogP contribution < -0.4 is 4.74 Å². The summed E-state index contributed by atoms with van der Waals surface area (Å²) in [5, 5.41) is 8.68. The second-order valence-corrected chi connectivity index (χ2v) is 3.99. The van der Waals surface area contributed by atoms with E-state index < -0.39 is 5.97 Å². The summed E-state index contributed by atoms with van der Waals surface area (Å²) in [6.07, 6.45) is 1.63. The molecule has 0 amide bonds. The Morgan fingerprint density at radius 1 is 1.60 bits per heavy atom. The zero-order valence-corrected chi connectivity index (χ0v) is 8.69. The molecule has 0 aromatic heterocycles. The summed E-state index contributed by atoms with van der Waals surface area (Å²) in [6, 6.07) is 6.02. The third-order valence-electron chi connectivity index (χ3n) is 2.65. The molecule has 0 bridgehead atoms.